The second-order valence-corrected chi connectivity index (χ2v) is 4.36. The Morgan fingerprint density at radius 1 is 0.947 bits per heavy atom. The van der Waals surface area contributed by atoms with Gasteiger partial charge in [-0.25, -0.2) is 9.59 Å². The van der Waals surface area contributed by atoms with Crippen LogP contribution in [-0.4, -0.2) is 34.0 Å². The molecule has 2 unspecified atom stereocenters. The van der Waals surface area contributed by atoms with E-state index in [4.69, 9.17) is 10.2 Å². The summed E-state index contributed by atoms with van der Waals surface area (Å²) in [4.78, 5) is 41.3. The number of carbonyl (C=O) groups excluding carboxylic acids is 2. The molecule has 104 valence electrons. The summed E-state index contributed by atoms with van der Waals surface area (Å²) in [6.45, 7) is 0. The van der Waals surface area contributed by atoms with Crippen LogP contribution in [0, 0.1) is 11.8 Å². The van der Waals surface area contributed by atoms with E-state index in [-0.39, 0.29) is 23.7 Å². The van der Waals surface area contributed by atoms with E-state index in [0.717, 1.165) is 25.7 Å². The number of fused-ring (bicyclic) bond motifs is 1. The highest BCUT2D eigenvalue weighted by Crippen LogP contribution is 2.33. The van der Waals surface area contributed by atoms with E-state index in [1.807, 2.05) is 0 Å². The molecule has 7 heteroatoms. The number of rotatable bonds is 2. The van der Waals surface area contributed by atoms with E-state index in [0.29, 0.717) is 12.2 Å². The minimum atomic E-state index is -1.26. The lowest BCUT2D eigenvalue weighted by molar-refractivity contribution is -0.134. The number of nitrogens with one attached hydrogen (secondary N) is 1. The van der Waals surface area contributed by atoms with Gasteiger partial charge in [0.1, 0.15) is 0 Å². The molecule has 1 aliphatic heterocycles. The summed E-state index contributed by atoms with van der Waals surface area (Å²) in [6, 6.07) is 0. The summed E-state index contributed by atoms with van der Waals surface area (Å²) in [5, 5.41) is 18.0. The molecule has 0 spiro atoms. The molecule has 2 amide bonds. The van der Waals surface area contributed by atoms with Crippen molar-refractivity contribution in [2.24, 2.45) is 11.8 Å². The highest BCUT2D eigenvalue weighted by Gasteiger charge is 2.42. The summed E-state index contributed by atoms with van der Waals surface area (Å²) in [7, 11) is 0. The highest BCUT2D eigenvalue weighted by atomic mass is 16.4. The first kappa shape index (κ1) is 14.9. The van der Waals surface area contributed by atoms with Gasteiger partial charge in [0.05, 0.1) is 0 Å². The van der Waals surface area contributed by atoms with Crippen molar-refractivity contribution in [2.75, 3.05) is 0 Å². The van der Waals surface area contributed by atoms with Gasteiger partial charge in [-0.15, -0.1) is 0 Å². The van der Waals surface area contributed by atoms with Crippen LogP contribution in [0.5, 0.6) is 0 Å². The summed E-state index contributed by atoms with van der Waals surface area (Å²) < 4.78 is 0. The average molecular weight is 269 g/mol. The molecule has 0 aromatic rings. The third-order valence-corrected chi connectivity index (χ3v) is 3.05. The lowest BCUT2D eigenvalue weighted by atomic mass is 9.81. The van der Waals surface area contributed by atoms with Gasteiger partial charge in [-0.1, -0.05) is 12.8 Å². The predicted octanol–water partition coefficient (Wildman–Crippen LogP) is 0.161. The molecule has 2 atom stereocenters. The van der Waals surface area contributed by atoms with Crippen molar-refractivity contribution >= 4 is 23.8 Å². The van der Waals surface area contributed by atoms with Gasteiger partial charge in [0.2, 0.25) is 11.8 Å². The monoisotopic (exact) mass is 269 g/mol. The van der Waals surface area contributed by atoms with Crippen LogP contribution in [0.25, 0.3) is 0 Å². The Morgan fingerprint density at radius 2 is 1.32 bits per heavy atom. The van der Waals surface area contributed by atoms with E-state index in [9.17, 15) is 19.2 Å². The maximum atomic E-state index is 11.1. The number of aliphatic carboxylic acids is 2. The van der Waals surface area contributed by atoms with Crippen LogP contribution in [0.15, 0.2) is 12.2 Å². The molecular formula is C12H15NO6. The zero-order chi connectivity index (χ0) is 14.4. The third kappa shape index (κ3) is 4.53. The Kier molecular flexibility index (Phi) is 5.23. The van der Waals surface area contributed by atoms with Crippen LogP contribution in [0.3, 0.4) is 0 Å². The fraction of sp³-hybridized carbons (Fsp3) is 0.500. The van der Waals surface area contributed by atoms with Crippen molar-refractivity contribution in [3.63, 3.8) is 0 Å². The second kappa shape index (κ2) is 6.67. The first-order chi connectivity index (χ1) is 8.91. The molecule has 0 radical (unpaired) electrons. The van der Waals surface area contributed by atoms with E-state index in [2.05, 4.69) is 5.32 Å². The molecular weight excluding hydrogens is 254 g/mol. The van der Waals surface area contributed by atoms with E-state index < -0.39 is 11.9 Å². The molecule has 2 aliphatic rings. The van der Waals surface area contributed by atoms with Crippen molar-refractivity contribution in [3.8, 4) is 0 Å². The highest BCUT2D eigenvalue weighted by molar-refractivity contribution is 6.05. The predicted molar refractivity (Wildman–Crippen MR) is 63.0 cm³/mol. The SMILES string of the molecule is O=C(O)/C=C/C(=O)O.O=C1NC(=O)C2CCCCC12. The molecule has 0 aromatic carbocycles. The number of hydrogen-bond acceptors (Lipinski definition) is 4. The third-order valence-electron chi connectivity index (χ3n) is 3.05. The number of amides is 2. The largest absolute Gasteiger partial charge is 0.478 e. The Labute approximate surface area is 109 Å². The van der Waals surface area contributed by atoms with Crippen LogP contribution < -0.4 is 5.32 Å². The molecule has 1 aliphatic carbocycles. The summed E-state index contributed by atoms with van der Waals surface area (Å²) in [5.74, 6) is -2.58. The molecule has 7 nitrogen and oxygen atoms in total. The van der Waals surface area contributed by atoms with Crippen molar-refractivity contribution < 1.29 is 29.4 Å². The zero-order valence-electron chi connectivity index (χ0n) is 10.2. The smallest absolute Gasteiger partial charge is 0.328 e. The molecule has 0 bridgehead atoms. The normalized spacial score (nSPS) is 25.3. The van der Waals surface area contributed by atoms with E-state index >= 15 is 0 Å². The van der Waals surface area contributed by atoms with Crippen LogP contribution in [-0.2, 0) is 19.2 Å². The molecule has 19 heavy (non-hydrogen) atoms. The topological polar surface area (TPSA) is 121 Å². The maximum absolute atomic E-state index is 11.1. The van der Waals surface area contributed by atoms with Crippen molar-refractivity contribution in [1.82, 2.24) is 5.32 Å². The Hall–Kier alpha value is -2.18. The van der Waals surface area contributed by atoms with E-state index in [1.165, 1.54) is 0 Å². The minimum Gasteiger partial charge on any atom is -0.478 e. The fourth-order valence-electron chi connectivity index (χ4n) is 2.21. The number of carbonyl (C=O) groups is 4. The average Bonchev–Trinajstić information content (AvgIpc) is 2.64. The van der Waals surface area contributed by atoms with Crippen LogP contribution in [0.1, 0.15) is 25.7 Å². The first-order valence-corrected chi connectivity index (χ1v) is 5.90. The van der Waals surface area contributed by atoms with Crippen molar-refractivity contribution in [2.45, 2.75) is 25.7 Å². The van der Waals surface area contributed by atoms with Crippen LogP contribution >= 0.6 is 0 Å². The first-order valence-electron chi connectivity index (χ1n) is 5.90. The Bertz CT molecular complexity index is 390. The van der Waals surface area contributed by atoms with Gasteiger partial charge in [-0.2, -0.15) is 0 Å². The van der Waals surface area contributed by atoms with Gasteiger partial charge in [0, 0.05) is 24.0 Å². The van der Waals surface area contributed by atoms with Gasteiger partial charge in [0.15, 0.2) is 0 Å². The Balaban J connectivity index is 0.000000203. The maximum Gasteiger partial charge on any atom is 0.328 e. The zero-order valence-corrected chi connectivity index (χ0v) is 10.2. The molecule has 1 saturated heterocycles. The van der Waals surface area contributed by atoms with Gasteiger partial charge in [-0.05, 0) is 12.8 Å². The molecule has 0 aromatic heterocycles. The lowest BCUT2D eigenvalue weighted by Crippen LogP contribution is -2.21. The Morgan fingerprint density at radius 3 is 1.63 bits per heavy atom. The number of hydrogen-bond donors (Lipinski definition) is 3. The van der Waals surface area contributed by atoms with Gasteiger partial charge in [0.25, 0.3) is 0 Å². The van der Waals surface area contributed by atoms with Gasteiger partial charge < -0.3 is 10.2 Å². The standard InChI is InChI=1S/C8H11NO2.C4H4O4/c10-7-5-3-1-2-4-6(5)8(11)9-7;5-3(6)1-2-4(7)8/h5-6H,1-4H2,(H,9,10,11);1-2H,(H,5,6)(H,7,8)/b;2-1+. The van der Waals surface area contributed by atoms with E-state index in [1.54, 1.807) is 0 Å². The van der Waals surface area contributed by atoms with Crippen molar-refractivity contribution in [3.05, 3.63) is 12.2 Å². The quantitative estimate of drug-likeness (QED) is 0.485. The molecule has 3 N–H and O–H groups in total. The van der Waals surface area contributed by atoms with Crippen molar-refractivity contribution in [1.29, 1.82) is 0 Å². The second-order valence-electron chi connectivity index (χ2n) is 4.36. The number of carboxylic acids is 2. The van der Waals surface area contributed by atoms with Gasteiger partial charge in [-0.3, -0.25) is 14.9 Å². The fourth-order valence-corrected chi connectivity index (χ4v) is 2.21. The number of carboxylic acid groups (broad SMARTS) is 2. The summed E-state index contributed by atoms with van der Waals surface area (Å²) in [5.41, 5.74) is 0. The van der Waals surface area contributed by atoms with Crippen LogP contribution in [0.4, 0.5) is 0 Å². The lowest BCUT2D eigenvalue weighted by Gasteiger charge is -2.19. The minimum absolute atomic E-state index is 0.0104. The summed E-state index contributed by atoms with van der Waals surface area (Å²) >= 11 is 0. The summed E-state index contributed by atoms with van der Waals surface area (Å²) in [6.07, 6.45) is 5.12. The molecule has 2 fully saturated rings. The molecule has 1 heterocycles. The van der Waals surface area contributed by atoms with Gasteiger partial charge >= 0.3 is 11.9 Å². The number of imide groups is 1. The molecule has 2 rings (SSSR count). The molecule has 1 saturated carbocycles. The van der Waals surface area contributed by atoms with Crippen LogP contribution in [0.2, 0.25) is 0 Å².